The highest BCUT2D eigenvalue weighted by atomic mass is 32.2. The van der Waals surface area contributed by atoms with Gasteiger partial charge in [-0.1, -0.05) is 0 Å². The predicted molar refractivity (Wildman–Crippen MR) is 55.1 cm³/mol. The molecule has 2 rings (SSSR count). The molecule has 15 heavy (non-hydrogen) atoms. The minimum Gasteiger partial charge on any atom is -0.347 e. The Bertz CT molecular complexity index is 410. The second-order valence-corrected chi connectivity index (χ2v) is 5.50. The average molecular weight is 230 g/mol. The van der Waals surface area contributed by atoms with Gasteiger partial charge in [0, 0.05) is 25.5 Å². The van der Waals surface area contributed by atoms with Crippen LogP contribution in [0.2, 0.25) is 0 Å². The van der Waals surface area contributed by atoms with Gasteiger partial charge < -0.3 is 4.98 Å². The number of hydrogen-bond donors (Lipinski definition) is 2. The monoisotopic (exact) mass is 230 g/mol. The smallest absolute Gasteiger partial charge is 0.279 e. The summed E-state index contributed by atoms with van der Waals surface area (Å²) in [6.07, 6.45) is 5.15. The van der Waals surface area contributed by atoms with Gasteiger partial charge in [-0.25, -0.2) is 4.98 Å². The summed E-state index contributed by atoms with van der Waals surface area (Å²) in [5, 5.41) is 0. The van der Waals surface area contributed by atoms with E-state index >= 15 is 0 Å². The Labute approximate surface area is 88.9 Å². The molecule has 1 aliphatic rings. The molecule has 2 N–H and O–H groups in total. The topological polar surface area (TPSA) is 78.1 Å². The first kappa shape index (κ1) is 10.6. The van der Waals surface area contributed by atoms with Crippen LogP contribution in [0.5, 0.6) is 0 Å². The summed E-state index contributed by atoms with van der Waals surface area (Å²) in [4.78, 5) is 6.84. The summed E-state index contributed by atoms with van der Waals surface area (Å²) in [5.41, 5.74) is 0. The molecular weight excluding hydrogens is 216 g/mol. The fraction of sp³-hybridized carbons (Fsp3) is 0.625. The number of nitrogens with one attached hydrogen (secondary N) is 2. The quantitative estimate of drug-likeness (QED) is 0.737. The van der Waals surface area contributed by atoms with Crippen LogP contribution < -0.4 is 4.72 Å². The molecule has 0 saturated heterocycles. The average Bonchev–Trinajstić information content (AvgIpc) is 2.81. The molecule has 0 atom stereocenters. The fourth-order valence-corrected chi connectivity index (χ4v) is 2.31. The Morgan fingerprint density at radius 2 is 2.40 bits per heavy atom. The molecule has 1 aliphatic carbocycles. The summed E-state index contributed by atoms with van der Waals surface area (Å²) in [7, 11) is -1.81. The third-order valence-electron chi connectivity index (χ3n) is 2.23. The van der Waals surface area contributed by atoms with Crippen LogP contribution in [0.3, 0.4) is 0 Å². The minimum absolute atomic E-state index is 0.133. The molecule has 84 valence electrons. The fourth-order valence-electron chi connectivity index (χ4n) is 1.18. The molecule has 0 spiro atoms. The van der Waals surface area contributed by atoms with Crippen molar-refractivity contribution in [1.82, 2.24) is 19.0 Å². The van der Waals surface area contributed by atoms with Crippen LogP contribution in [0, 0.1) is 0 Å². The van der Waals surface area contributed by atoms with Gasteiger partial charge in [0.15, 0.2) is 0 Å². The van der Waals surface area contributed by atoms with Gasteiger partial charge in [-0.15, -0.1) is 0 Å². The molecule has 1 aromatic heterocycles. The first-order chi connectivity index (χ1) is 7.08. The predicted octanol–water partition coefficient (Wildman–Crippen LogP) is -0.162. The molecule has 1 aromatic rings. The van der Waals surface area contributed by atoms with E-state index in [0.29, 0.717) is 5.82 Å². The molecule has 6 nitrogen and oxygen atoms in total. The molecule has 0 radical (unpaired) electrons. The highest BCUT2D eigenvalue weighted by Crippen LogP contribution is 2.20. The van der Waals surface area contributed by atoms with Crippen LogP contribution in [0.1, 0.15) is 18.7 Å². The Hall–Kier alpha value is -0.920. The van der Waals surface area contributed by atoms with Crippen LogP contribution in [0.15, 0.2) is 12.4 Å². The van der Waals surface area contributed by atoms with Gasteiger partial charge in [0.1, 0.15) is 5.82 Å². The van der Waals surface area contributed by atoms with E-state index in [1.165, 1.54) is 11.4 Å². The molecule has 7 heteroatoms. The van der Waals surface area contributed by atoms with Crippen LogP contribution >= 0.6 is 0 Å². The number of H-pyrrole nitrogens is 1. The van der Waals surface area contributed by atoms with Crippen molar-refractivity contribution in [2.75, 3.05) is 7.05 Å². The zero-order chi connectivity index (χ0) is 10.9. The molecule has 0 amide bonds. The maximum absolute atomic E-state index is 11.7. The number of aromatic nitrogens is 2. The Kier molecular flexibility index (Phi) is 2.76. The Morgan fingerprint density at radius 1 is 1.67 bits per heavy atom. The number of nitrogens with zero attached hydrogens (tertiary/aromatic N) is 2. The largest absolute Gasteiger partial charge is 0.347 e. The van der Waals surface area contributed by atoms with E-state index in [1.807, 2.05) is 0 Å². The maximum Gasteiger partial charge on any atom is 0.279 e. The lowest BCUT2D eigenvalue weighted by Gasteiger charge is -2.15. The number of rotatable bonds is 5. The second-order valence-electron chi connectivity index (χ2n) is 3.69. The van der Waals surface area contributed by atoms with Crippen molar-refractivity contribution < 1.29 is 8.42 Å². The van der Waals surface area contributed by atoms with E-state index < -0.39 is 10.2 Å². The zero-order valence-corrected chi connectivity index (χ0v) is 9.29. The minimum atomic E-state index is -3.35. The third-order valence-corrected chi connectivity index (χ3v) is 3.81. The third kappa shape index (κ3) is 2.77. The molecular formula is C8H14N4O2S. The molecule has 0 aliphatic heterocycles. The number of imidazole rings is 1. The first-order valence-electron chi connectivity index (χ1n) is 4.80. The Balaban J connectivity index is 1.96. The SMILES string of the molecule is CN(Cc1ncc[nH]1)S(=O)(=O)NC1CC1. The highest BCUT2D eigenvalue weighted by Gasteiger charge is 2.29. The molecule has 0 unspecified atom stereocenters. The van der Waals surface area contributed by atoms with Gasteiger partial charge in [0.05, 0.1) is 6.54 Å². The lowest BCUT2D eigenvalue weighted by molar-refractivity contribution is 0.446. The van der Waals surface area contributed by atoms with Crippen LogP contribution in [0.4, 0.5) is 0 Å². The van der Waals surface area contributed by atoms with E-state index in [2.05, 4.69) is 14.7 Å². The van der Waals surface area contributed by atoms with Gasteiger partial charge >= 0.3 is 0 Å². The summed E-state index contributed by atoms with van der Waals surface area (Å²) in [6, 6.07) is 0.133. The normalized spacial score (nSPS) is 17.2. The molecule has 0 bridgehead atoms. The van der Waals surface area contributed by atoms with E-state index in [0.717, 1.165) is 12.8 Å². The van der Waals surface area contributed by atoms with Crippen LogP contribution in [0.25, 0.3) is 0 Å². The van der Waals surface area contributed by atoms with Gasteiger partial charge in [0.25, 0.3) is 10.2 Å². The lowest BCUT2D eigenvalue weighted by Crippen LogP contribution is -2.39. The van der Waals surface area contributed by atoms with Crippen LogP contribution in [-0.4, -0.2) is 35.8 Å². The molecule has 1 fully saturated rings. The van der Waals surface area contributed by atoms with Crippen molar-refractivity contribution in [2.45, 2.75) is 25.4 Å². The van der Waals surface area contributed by atoms with E-state index in [4.69, 9.17) is 0 Å². The first-order valence-corrected chi connectivity index (χ1v) is 6.24. The number of aromatic amines is 1. The van der Waals surface area contributed by atoms with E-state index in [-0.39, 0.29) is 12.6 Å². The molecule has 0 aromatic carbocycles. The molecule has 1 heterocycles. The van der Waals surface area contributed by atoms with Crippen molar-refractivity contribution in [2.24, 2.45) is 0 Å². The summed E-state index contributed by atoms with van der Waals surface area (Å²) in [6.45, 7) is 0.259. The highest BCUT2D eigenvalue weighted by molar-refractivity contribution is 7.87. The van der Waals surface area contributed by atoms with Crippen molar-refractivity contribution in [1.29, 1.82) is 0 Å². The van der Waals surface area contributed by atoms with Crippen molar-refractivity contribution in [3.8, 4) is 0 Å². The van der Waals surface area contributed by atoms with E-state index in [1.54, 1.807) is 12.4 Å². The number of hydrogen-bond acceptors (Lipinski definition) is 3. The van der Waals surface area contributed by atoms with Crippen LogP contribution in [-0.2, 0) is 16.8 Å². The summed E-state index contributed by atoms with van der Waals surface area (Å²) < 4.78 is 27.2. The lowest BCUT2D eigenvalue weighted by atomic mass is 10.6. The Morgan fingerprint density at radius 3 is 2.93 bits per heavy atom. The van der Waals surface area contributed by atoms with Gasteiger partial charge in [-0.2, -0.15) is 17.4 Å². The van der Waals surface area contributed by atoms with Crippen molar-refractivity contribution in [3.63, 3.8) is 0 Å². The standard InChI is InChI=1S/C8H14N4O2S/c1-12(6-8-9-4-5-10-8)15(13,14)11-7-2-3-7/h4-5,7,11H,2-3,6H2,1H3,(H,9,10). The van der Waals surface area contributed by atoms with Crippen molar-refractivity contribution >= 4 is 10.2 Å². The zero-order valence-electron chi connectivity index (χ0n) is 8.47. The summed E-state index contributed by atoms with van der Waals surface area (Å²) >= 11 is 0. The van der Waals surface area contributed by atoms with Gasteiger partial charge in [-0.05, 0) is 12.8 Å². The second kappa shape index (κ2) is 3.92. The van der Waals surface area contributed by atoms with Gasteiger partial charge in [-0.3, -0.25) is 0 Å². The maximum atomic E-state index is 11.7. The molecule has 1 saturated carbocycles. The van der Waals surface area contributed by atoms with Crippen molar-refractivity contribution in [3.05, 3.63) is 18.2 Å². The van der Waals surface area contributed by atoms with E-state index in [9.17, 15) is 8.42 Å². The van der Waals surface area contributed by atoms with Gasteiger partial charge in [0.2, 0.25) is 0 Å². The summed E-state index contributed by atoms with van der Waals surface area (Å²) in [5.74, 6) is 0.638.